The minimum Gasteiger partial charge on any atom is -0.308 e. The Hall–Kier alpha value is -1.98. The van der Waals surface area contributed by atoms with E-state index in [0.717, 1.165) is 15.7 Å². The van der Waals surface area contributed by atoms with Crippen LogP contribution in [-0.4, -0.2) is 21.4 Å². The third-order valence-electron chi connectivity index (χ3n) is 3.16. The van der Waals surface area contributed by atoms with Crippen molar-refractivity contribution in [1.82, 2.24) is 9.78 Å². The van der Waals surface area contributed by atoms with Gasteiger partial charge in [0.15, 0.2) is 5.82 Å². The SMILES string of the molecule is Cn1ccc(NC(=O)CSc2cccc3cccc(Cl)c23)n1. The fraction of sp³-hybridized carbons (Fsp3) is 0.125. The molecule has 3 aromatic rings. The molecule has 1 heterocycles. The molecule has 1 aromatic heterocycles. The third kappa shape index (κ3) is 3.26. The van der Waals surface area contributed by atoms with Crippen molar-refractivity contribution in [3.8, 4) is 0 Å². The second-order valence-corrected chi connectivity index (χ2v) is 6.23. The van der Waals surface area contributed by atoms with Gasteiger partial charge in [0.25, 0.3) is 0 Å². The molecule has 0 aliphatic heterocycles. The van der Waals surface area contributed by atoms with Crippen molar-refractivity contribution in [2.45, 2.75) is 4.90 Å². The zero-order valence-corrected chi connectivity index (χ0v) is 13.5. The molecule has 3 rings (SSSR count). The Morgan fingerprint density at radius 3 is 2.77 bits per heavy atom. The van der Waals surface area contributed by atoms with Crippen molar-refractivity contribution in [2.24, 2.45) is 7.05 Å². The second kappa shape index (κ2) is 6.42. The van der Waals surface area contributed by atoms with Crippen LogP contribution in [0.5, 0.6) is 0 Å². The van der Waals surface area contributed by atoms with E-state index in [1.54, 1.807) is 16.9 Å². The number of thioether (sulfide) groups is 1. The summed E-state index contributed by atoms with van der Waals surface area (Å²) in [5.41, 5.74) is 0. The molecule has 0 aliphatic carbocycles. The fourth-order valence-corrected chi connectivity index (χ4v) is 3.43. The van der Waals surface area contributed by atoms with Crippen LogP contribution in [0.2, 0.25) is 5.02 Å². The van der Waals surface area contributed by atoms with Crippen molar-refractivity contribution in [3.63, 3.8) is 0 Å². The van der Waals surface area contributed by atoms with E-state index in [9.17, 15) is 4.79 Å². The van der Waals surface area contributed by atoms with E-state index in [0.29, 0.717) is 16.6 Å². The predicted molar refractivity (Wildman–Crippen MR) is 91.5 cm³/mol. The lowest BCUT2D eigenvalue weighted by molar-refractivity contribution is -0.113. The van der Waals surface area contributed by atoms with E-state index in [2.05, 4.69) is 10.4 Å². The number of aryl methyl sites for hydroxylation is 1. The first kappa shape index (κ1) is 14.9. The molecule has 4 nitrogen and oxygen atoms in total. The number of amides is 1. The quantitative estimate of drug-likeness (QED) is 0.736. The van der Waals surface area contributed by atoms with Crippen LogP contribution in [0.15, 0.2) is 53.6 Å². The summed E-state index contributed by atoms with van der Waals surface area (Å²) in [5, 5.41) is 9.65. The maximum Gasteiger partial charge on any atom is 0.235 e. The molecule has 0 radical (unpaired) electrons. The van der Waals surface area contributed by atoms with Crippen molar-refractivity contribution >= 4 is 45.9 Å². The van der Waals surface area contributed by atoms with Crippen LogP contribution >= 0.6 is 23.4 Å². The maximum absolute atomic E-state index is 12.0. The summed E-state index contributed by atoms with van der Waals surface area (Å²) in [6.45, 7) is 0. The van der Waals surface area contributed by atoms with E-state index in [1.807, 2.05) is 43.4 Å². The molecule has 0 saturated carbocycles. The number of hydrogen-bond donors (Lipinski definition) is 1. The lowest BCUT2D eigenvalue weighted by Crippen LogP contribution is -2.14. The summed E-state index contributed by atoms with van der Waals surface area (Å²) in [6.07, 6.45) is 1.78. The second-order valence-electron chi connectivity index (χ2n) is 4.81. The topological polar surface area (TPSA) is 46.9 Å². The largest absolute Gasteiger partial charge is 0.308 e. The molecule has 0 atom stereocenters. The molecule has 0 fully saturated rings. The highest BCUT2D eigenvalue weighted by atomic mass is 35.5. The fourth-order valence-electron chi connectivity index (χ4n) is 2.19. The van der Waals surface area contributed by atoms with Crippen LogP contribution in [-0.2, 0) is 11.8 Å². The van der Waals surface area contributed by atoms with E-state index in [1.165, 1.54) is 11.8 Å². The number of rotatable bonds is 4. The van der Waals surface area contributed by atoms with E-state index in [-0.39, 0.29) is 5.91 Å². The summed E-state index contributed by atoms with van der Waals surface area (Å²) in [7, 11) is 1.81. The summed E-state index contributed by atoms with van der Waals surface area (Å²) >= 11 is 7.75. The minimum atomic E-state index is -0.0900. The number of nitrogens with one attached hydrogen (secondary N) is 1. The van der Waals surface area contributed by atoms with Gasteiger partial charge < -0.3 is 5.32 Å². The number of fused-ring (bicyclic) bond motifs is 1. The van der Waals surface area contributed by atoms with Crippen LogP contribution in [0.3, 0.4) is 0 Å². The molecule has 2 aromatic carbocycles. The highest BCUT2D eigenvalue weighted by molar-refractivity contribution is 8.00. The Kier molecular flexibility index (Phi) is 4.36. The molecule has 0 spiro atoms. The van der Waals surface area contributed by atoms with E-state index >= 15 is 0 Å². The van der Waals surface area contributed by atoms with Gasteiger partial charge in [-0.15, -0.1) is 11.8 Å². The molecule has 112 valence electrons. The summed E-state index contributed by atoms with van der Waals surface area (Å²) in [5.74, 6) is 0.776. The Labute approximate surface area is 137 Å². The predicted octanol–water partition coefficient (Wildman–Crippen LogP) is 3.96. The van der Waals surface area contributed by atoms with Crippen molar-refractivity contribution in [3.05, 3.63) is 53.7 Å². The smallest absolute Gasteiger partial charge is 0.235 e. The van der Waals surface area contributed by atoms with Gasteiger partial charge in [-0.3, -0.25) is 9.48 Å². The average Bonchev–Trinajstić information content (AvgIpc) is 2.90. The number of carbonyl (C=O) groups is 1. The third-order valence-corrected chi connectivity index (χ3v) is 4.53. The lowest BCUT2D eigenvalue weighted by atomic mass is 10.1. The molecule has 0 aliphatic rings. The number of hydrogen-bond acceptors (Lipinski definition) is 3. The lowest BCUT2D eigenvalue weighted by Gasteiger charge is -2.08. The standard InChI is InChI=1S/C16H14ClN3OS/c1-20-9-8-14(19-20)18-15(21)10-22-13-7-3-5-11-4-2-6-12(17)16(11)13/h2-9H,10H2,1H3,(H,18,19,21). The van der Waals surface area contributed by atoms with E-state index < -0.39 is 0 Å². The summed E-state index contributed by atoms with van der Waals surface area (Å²) in [4.78, 5) is 13.0. The highest BCUT2D eigenvalue weighted by Crippen LogP contribution is 2.33. The molecule has 0 unspecified atom stereocenters. The van der Waals surface area contributed by atoms with Gasteiger partial charge in [-0.1, -0.05) is 35.9 Å². The van der Waals surface area contributed by atoms with Gasteiger partial charge in [0, 0.05) is 34.6 Å². The van der Waals surface area contributed by atoms with Crippen LogP contribution in [0, 0.1) is 0 Å². The van der Waals surface area contributed by atoms with Crippen LogP contribution in [0.1, 0.15) is 0 Å². The van der Waals surface area contributed by atoms with Gasteiger partial charge in [-0.25, -0.2) is 0 Å². The first-order valence-electron chi connectivity index (χ1n) is 6.73. The van der Waals surface area contributed by atoms with Gasteiger partial charge >= 0.3 is 0 Å². The van der Waals surface area contributed by atoms with Gasteiger partial charge in [0.2, 0.25) is 5.91 Å². The number of halogens is 1. The summed E-state index contributed by atoms with van der Waals surface area (Å²) < 4.78 is 1.65. The van der Waals surface area contributed by atoms with Crippen molar-refractivity contribution < 1.29 is 4.79 Å². The number of aromatic nitrogens is 2. The Balaban J connectivity index is 1.72. The van der Waals surface area contributed by atoms with Gasteiger partial charge in [0.1, 0.15) is 0 Å². The number of anilines is 1. The van der Waals surface area contributed by atoms with Gasteiger partial charge in [-0.2, -0.15) is 5.10 Å². The van der Waals surface area contributed by atoms with Crippen LogP contribution < -0.4 is 5.32 Å². The molecule has 6 heteroatoms. The average molecular weight is 332 g/mol. The van der Waals surface area contributed by atoms with E-state index in [4.69, 9.17) is 11.6 Å². The Morgan fingerprint density at radius 1 is 1.27 bits per heavy atom. The molecule has 1 amide bonds. The first-order valence-corrected chi connectivity index (χ1v) is 8.09. The molecule has 0 saturated heterocycles. The Morgan fingerprint density at radius 2 is 2.05 bits per heavy atom. The van der Waals surface area contributed by atoms with Crippen molar-refractivity contribution in [1.29, 1.82) is 0 Å². The van der Waals surface area contributed by atoms with Crippen molar-refractivity contribution in [2.75, 3.05) is 11.1 Å². The number of nitrogens with zero attached hydrogens (tertiary/aromatic N) is 2. The zero-order valence-electron chi connectivity index (χ0n) is 11.9. The molecular formula is C16H14ClN3OS. The number of carbonyl (C=O) groups excluding carboxylic acids is 1. The first-order chi connectivity index (χ1) is 10.6. The normalized spacial score (nSPS) is 10.8. The van der Waals surface area contributed by atoms with Crippen LogP contribution in [0.4, 0.5) is 5.82 Å². The molecule has 1 N–H and O–H groups in total. The monoisotopic (exact) mass is 331 g/mol. The minimum absolute atomic E-state index is 0.0900. The maximum atomic E-state index is 12.0. The summed E-state index contributed by atoms with van der Waals surface area (Å²) in [6, 6.07) is 13.5. The van der Waals surface area contributed by atoms with Gasteiger partial charge in [-0.05, 0) is 17.5 Å². The van der Waals surface area contributed by atoms with Crippen LogP contribution in [0.25, 0.3) is 10.8 Å². The molecule has 22 heavy (non-hydrogen) atoms. The zero-order chi connectivity index (χ0) is 15.5. The highest BCUT2D eigenvalue weighted by Gasteiger charge is 2.09. The number of benzene rings is 2. The molecular weight excluding hydrogens is 318 g/mol. The molecule has 0 bridgehead atoms. The van der Waals surface area contributed by atoms with Gasteiger partial charge in [0.05, 0.1) is 5.75 Å². The Bertz CT molecular complexity index is 826.